The minimum absolute atomic E-state index is 0.0253. The quantitative estimate of drug-likeness (QED) is 0.923. The highest BCUT2D eigenvalue weighted by Crippen LogP contribution is 2.19. The minimum Gasteiger partial charge on any atom is -0.476 e. The second-order valence-corrected chi connectivity index (χ2v) is 4.64. The first kappa shape index (κ1) is 11.8. The van der Waals surface area contributed by atoms with Crippen LogP contribution in [-0.2, 0) is 0 Å². The lowest BCUT2D eigenvalue weighted by atomic mass is 10.2. The Labute approximate surface area is 106 Å². The maximum atomic E-state index is 10.9. The molecule has 0 fully saturated rings. The van der Waals surface area contributed by atoms with Crippen LogP contribution in [0.1, 0.15) is 21.7 Å². The number of carboxylic acid groups (broad SMARTS) is 1. The van der Waals surface area contributed by atoms with Gasteiger partial charge in [0, 0.05) is 4.47 Å². The van der Waals surface area contributed by atoms with Crippen molar-refractivity contribution in [1.29, 1.82) is 0 Å². The average Bonchev–Trinajstić information content (AvgIpc) is 2.58. The molecule has 6 heteroatoms. The number of hydrogen-bond donors (Lipinski definition) is 1. The van der Waals surface area contributed by atoms with E-state index in [0.717, 1.165) is 15.7 Å². The van der Waals surface area contributed by atoms with Gasteiger partial charge in [0.1, 0.15) is 0 Å². The first-order valence-electron chi connectivity index (χ1n) is 4.92. The Hall–Kier alpha value is -1.69. The van der Waals surface area contributed by atoms with Crippen LogP contribution < -0.4 is 0 Å². The van der Waals surface area contributed by atoms with Gasteiger partial charge >= 0.3 is 5.97 Å². The van der Waals surface area contributed by atoms with E-state index in [1.54, 1.807) is 6.92 Å². The molecule has 2 aromatic rings. The summed E-state index contributed by atoms with van der Waals surface area (Å²) in [6.45, 7) is 3.64. The Morgan fingerprint density at radius 2 is 2.06 bits per heavy atom. The van der Waals surface area contributed by atoms with Gasteiger partial charge in [-0.05, 0) is 37.6 Å². The molecule has 1 aromatic heterocycles. The third-order valence-corrected chi connectivity index (χ3v) is 2.83. The van der Waals surface area contributed by atoms with E-state index in [1.165, 1.54) is 4.68 Å². The number of halogens is 1. The Morgan fingerprint density at radius 3 is 2.59 bits per heavy atom. The van der Waals surface area contributed by atoms with Gasteiger partial charge in [-0.15, -0.1) is 5.10 Å². The third kappa shape index (κ3) is 2.21. The van der Waals surface area contributed by atoms with E-state index in [1.807, 2.05) is 25.1 Å². The van der Waals surface area contributed by atoms with Crippen molar-refractivity contribution < 1.29 is 9.90 Å². The fraction of sp³-hybridized carbons (Fsp3) is 0.182. The van der Waals surface area contributed by atoms with Gasteiger partial charge in [-0.25, -0.2) is 9.48 Å². The summed E-state index contributed by atoms with van der Waals surface area (Å²) in [5.74, 6) is -1.07. The number of hydrogen-bond acceptors (Lipinski definition) is 3. The second-order valence-electron chi connectivity index (χ2n) is 3.73. The normalized spacial score (nSPS) is 10.5. The molecule has 0 amide bonds. The van der Waals surface area contributed by atoms with Gasteiger partial charge in [0.25, 0.3) is 0 Å². The van der Waals surface area contributed by atoms with Crippen LogP contribution in [0, 0.1) is 13.8 Å². The lowest BCUT2D eigenvalue weighted by Crippen LogP contribution is -2.02. The van der Waals surface area contributed by atoms with Crippen molar-refractivity contribution in [3.63, 3.8) is 0 Å². The molecule has 0 unspecified atom stereocenters. The lowest BCUT2D eigenvalue weighted by Gasteiger charge is -2.05. The van der Waals surface area contributed by atoms with E-state index in [2.05, 4.69) is 26.2 Å². The summed E-state index contributed by atoms with van der Waals surface area (Å²) < 4.78 is 2.43. The van der Waals surface area contributed by atoms with Gasteiger partial charge in [0.2, 0.25) is 0 Å². The summed E-state index contributed by atoms with van der Waals surface area (Å²) in [6.07, 6.45) is 0. The van der Waals surface area contributed by atoms with Crippen molar-refractivity contribution in [1.82, 2.24) is 15.0 Å². The molecule has 0 radical (unpaired) electrons. The molecule has 0 aliphatic carbocycles. The number of benzene rings is 1. The zero-order valence-electron chi connectivity index (χ0n) is 9.31. The number of nitrogens with zero attached hydrogens (tertiary/aromatic N) is 3. The molecular weight excluding hydrogens is 286 g/mol. The summed E-state index contributed by atoms with van der Waals surface area (Å²) in [5, 5.41) is 16.4. The van der Waals surface area contributed by atoms with Gasteiger partial charge < -0.3 is 5.11 Å². The van der Waals surface area contributed by atoms with Crippen molar-refractivity contribution in [2.75, 3.05) is 0 Å². The molecule has 88 valence electrons. The molecule has 5 nitrogen and oxygen atoms in total. The van der Waals surface area contributed by atoms with E-state index < -0.39 is 5.97 Å². The Balaban J connectivity index is 2.57. The van der Waals surface area contributed by atoms with Gasteiger partial charge in [-0.1, -0.05) is 21.1 Å². The molecule has 0 saturated carbocycles. The summed E-state index contributed by atoms with van der Waals surface area (Å²) in [6, 6.07) is 5.74. The van der Waals surface area contributed by atoms with Crippen LogP contribution in [0.3, 0.4) is 0 Å². The number of rotatable bonds is 2. The number of aromatic nitrogens is 3. The molecular formula is C11H10BrN3O2. The molecule has 1 N–H and O–H groups in total. The Kier molecular flexibility index (Phi) is 2.97. The molecule has 1 heterocycles. The molecule has 0 atom stereocenters. The van der Waals surface area contributed by atoms with Crippen molar-refractivity contribution in [2.45, 2.75) is 13.8 Å². The zero-order valence-corrected chi connectivity index (χ0v) is 10.9. The van der Waals surface area contributed by atoms with E-state index in [0.29, 0.717) is 5.69 Å². The predicted molar refractivity (Wildman–Crippen MR) is 65.5 cm³/mol. The zero-order chi connectivity index (χ0) is 12.6. The summed E-state index contributed by atoms with van der Waals surface area (Å²) in [4.78, 5) is 10.9. The van der Waals surface area contributed by atoms with Crippen LogP contribution in [0.5, 0.6) is 0 Å². The summed E-state index contributed by atoms with van der Waals surface area (Å²) in [5.41, 5.74) is 2.33. The molecule has 0 saturated heterocycles. The highest BCUT2D eigenvalue weighted by Gasteiger charge is 2.16. The van der Waals surface area contributed by atoms with E-state index >= 15 is 0 Å². The molecule has 2 rings (SSSR count). The van der Waals surface area contributed by atoms with Crippen molar-refractivity contribution in [3.05, 3.63) is 39.6 Å². The van der Waals surface area contributed by atoms with E-state index in [-0.39, 0.29) is 5.69 Å². The maximum absolute atomic E-state index is 10.9. The molecule has 0 bridgehead atoms. The fourth-order valence-corrected chi connectivity index (χ4v) is 2.21. The smallest absolute Gasteiger partial charge is 0.358 e. The van der Waals surface area contributed by atoms with Crippen LogP contribution in [0.4, 0.5) is 0 Å². The van der Waals surface area contributed by atoms with Gasteiger partial charge in [-0.2, -0.15) is 0 Å². The van der Waals surface area contributed by atoms with E-state index in [9.17, 15) is 4.79 Å². The standard InChI is InChI=1S/C11H10BrN3O2/c1-6-3-8(12)5-9(4-6)15-7(2)10(11(16)17)13-14-15/h3-5H,1-2H3,(H,16,17). The van der Waals surface area contributed by atoms with Gasteiger partial charge in [0.15, 0.2) is 5.69 Å². The van der Waals surface area contributed by atoms with Crippen LogP contribution in [0.15, 0.2) is 22.7 Å². The second kappa shape index (κ2) is 4.29. The SMILES string of the molecule is Cc1cc(Br)cc(-n2nnc(C(=O)O)c2C)c1. The monoisotopic (exact) mass is 295 g/mol. The lowest BCUT2D eigenvalue weighted by molar-refractivity contribution is 0.0689. The topological polar surface area (TPSA) is 68.0 Å². The molecule has 0 aliphatic heterocycles. The number of aromatic carboxylic acids is 1. The summed E-state index contributed by atoms with van der Waals surface area (Å²) >= 11 is 3.39. The van der Waals surface area contributed by atoms with Crippen molar-refractivity contribution >= 4 is 21.9 Å². The Bertz CT molecular complexity index is 572. The first-order valence-corrected chi connectivity index (χ1v) is 5.71. The van der Waals surface area contributed by atoms with Crippen molar-refractivity contribution in [2.24, 2.45) is 0 Å². The molecule has 0 aliphatic rings. The maximum Gasteiger partial charge on any atom is 0.358 e. The first-order chi connectivity index (χ1) is 7.99. The van der Waals surface area contributed by atoms with Crippen LogP contribution in [0.2, 0.25) is 0 Å². The molecule has 1 aromatic carbocycles. The number of carboxylic acids is 1. The van der Waals surface area contributed by atoms with Crippen LogP contribution >= 0.6 is 15.9 Å². The number of aryl methyl sites for hydroxylation is 1. The van der Waals surface area contributed by atoms with E-state index in [4.69, 9.17) is 5.11 Å². The average molecular weight is 296 g/mol. The Morgan fingerprint density at radius 1 is 1.35 bits per heavy atom. The van der Waals surface area contributed by atoms with Gasteiger partial charge in [-0.3, -0.25) is 0 Å². The molecule has 17 heavy (non-hydrogen) atoms. The molecule has 0 spiro atoms. The summed E-state index contributed by atoms with van der Waals surface area (Å²) in [7, 11) is 0. The van der Waals surface area contributed by atoms with Gasteiger partial charge in [0.05, 0.1) is 11.4 Å². The highest BCUT2D eigenvalue weighted by molar-refractivity contribution is 9.10. The van der Waals surface area contributed by atoms with Crippen LogP contribution in [-0.4, -0.2) is 26.1 Å². The fourth-order valence-electron chi connectivity index (χ4n) is 1.61. The highest BCUT2D eigenvalue weighted by atomic mass is 79.9. The number of carbonyl (C=O) groups is 1. The van der Waals surface area contributed by atoms with Crippen molar-refractivity contribution in [3.8, 4) is 5.69 Å². The minimum atomic E-state index is -1.07. The largest absolute Gasteiger partial charge is 0.476 e. The third-order valence-electron chi connectivity index (χ3n) is 2.37. The van der Waals surface area contributed by atoms with Crippen LogP contribution in [0.25, 0.3) is 5.69 Å². The predicted octanol–water partition coefficient (Wildman–Crippen LogP) is 2.34.